The first kappa shape index (κ1) is 17.3. The van der Waals surface area contributed by atoms with E-state index in [1.165, 1.54) is 0 Å². The number of nitrogens with one attached hydrogen (secondary N) is 2. The Morgan fingerprint density at radius 1 is 1.18 bits per heavy atom. The van der Waals surface area contributed by atoms with Gasteiger partial charge in [0.25, 0.3) is 0 Å². The Hall–Kier alpha value is -1.06. The maximum atomic E-state index is 9.28. The van der Waals surface area contributed by atoms with Gasteiger partial charge in [-0.2, -0.15) is 0 Å². The molecule has 0 amide bonds. The predicted molar refractivity (Wildman–Crippen MR) is 82.8 cm³/mol. The average Bonchev–Trinajstić information content (AvgIpc) is 2.90. The summed E-state index contributed by atoms with van der Waals surface area (Å²) in [5, 5.41) is 10.6. The van der Waals surface area contributed by atoms with Crippen LogP contribution in [-0.4, -0.2) is 11.0 Å². The van der Waals surface area contributed by atoms with Gasteiger partial charge in [-0.05, 0) is 24.3 Å². The molecule has 0 aliphatic rings. The van der Waals surface area contributed by atoms with Crippen molar-refractivity contribution >= 4 is 39.8 Å². The van der Waals surface area contributed by atoms with E-state index in [0.717, 1.165) is 5.39 Å². The van der Waals surface area contributed by atoms with E-state index in [-0.39, 0.29) is 55.6 Å². The molecule has 0 aliphatic carbocycles. The Bertz CT molecular complexity index is 833. The number of fused-ring (bicyclic) bond motifs is 1. The van der Waals surface area contributed by atoms with Crippen LogP contribution in [0, 0.1) is 44.1 Å². The van der Waals surface area contributed by atoms with Gasteiger partial charge in [0.15, 0.2) is 11.6 Å². The van der Waals surface area contributed by atoms with E-state index >= 15 is 0 Å². The first-order valence-electron chi connectivity index (χ1n) is 6.16. The summed E-state index contributed by atoms with van der Waals surface area (Å²) >= 11 is 5.90. The molecule has 3 rings (SSSR count). The van der Waals surface area contributed by atoms with Crippen LogP contribution in [0.4, 0.5) is 11.4 Å². The first-order valence-corrected chi connectivity index (χ1v) is 6.54. The molecular weight excluding hydrogens is 517 g/mol. The molecule has 0 spiro atoms. The number of hydrogen-bond donors (Lipinski definition) is 2. The second-order valence-electron chi connectivity index (χ2n) is 4.39. The van der Waals surface area contributed by atoms with Gasteiger partial charge in [-0.15, -0.1) is 0 Å². The number of rotatable bonds is 2. The Labute approximate surface area is 167 Å². The molecule has 0 saturated heterocycles. The summed E-state index contributed by atoms with van der Waals surface area (Å²) in [5.41, 5.74) is 11.1. The normalized spacial score (nSPS) is 11.3. The summed E-state index contributed by atoms with van der Waals surface area (Å²) in [4.78, 5) is 4.25. The summed E-state index contributed by atoms with van der Waals surface area (Å²) in [6.07, 6.45) is 0. The van der Waals surface area contributed by atoms with Gasteiger partial charge < -0.3 is 10.2 Å². The van der Waals surface area contributed by atoms with E-state index in [2.05, 4.69) is 4.99 Å². The van der Waals surface area contributed by atoms with Gasteiger partial charge in [0, 0.05) is 54.5 Å². The van der Waals surface area contributed by atoms with Crippen molar-refractivity contribution in [2.75, 3.05) is 0 Å². The minimum absolute atomic E-state index is 0. The molecule has 7 heteroatoms. The van der Waals surface area contributed by atoms with Crippen LogP contribution < -0.4 is 5.48 Å². The summed E-state index contributed by atoms with van der Waals surface area (Å²) in [6, 6.07) is 13.9. The molecule has 3 N–H and O–H groups in total. The fourth-order valence-electron chi connectivity index (χ4n) is 1.99. The third-order valence-electron chi connectivity index (χ3n) is 2.93. The molecule has 0 saturated carbocycles. The molecule has 0 bridgehead atoms. The molecule has 2 aromatic carbocycles. The maximum Gasteiger partial charge on any atom is 0.193 e. The molecule has 1 radical (unpaired) electrons. The van der Waals surface area contributed by atoms with Crippen molar-refractivity contribution in [2.24, 2.45) is 4.99 Å². The van der Waals surface area contributed by atoms with Crippen LogP contribution in [0.3, 0.4) is 0 Å². The number of halogens is 1. The number of hydrogen-bond acceptors (Lipinski definition) is 3. The molecule has 1 aromatic heterocycles. The van der Waals surface area contributed by atoms with E-state index < -0.39 is 0 Å². The predicted octanol–water partition coefficient (Wildman–Crippen LogP) is 4.83. The molecule has 0 aliphatic heterocycles. The number of nitrogens with zero attached hydrogens (tertiary/aromatic N) is 1. The van der Waals surface area contributed by atoms with Gasteiger partial charge >= 0.3 is 0 Å². The number of aliphatic imine (C=N–C) groups is 1. The second-order valence-corrected chi connectivity index (χ2v) is 4.82. The number of hydroxylamine groups is 1. The Balaban J connectivity index is 0.00000176. The van der Waals surface area contributed by atoms with Crippen LogP contribution in [0.1, 0.15) is 5.76 Å². The third-order valence-corrected chi connectivity index (χ3v) is 3.17. The number of benzene rings is 2. The van der Waals surface area contributed by atoms with Crippen LogP contribution >= 0.6 is 11.6 Å². The van der Waals surface area contributed by atoms with E-state index in [1.807, 2.05) is 11.5 Å². The van der Waals surface area contributed by atoms with Crippen molar-refractivity contribution in [3.63, 3.8) is 0 Å². The van der Waals surface area contributed by atoms with E-state index in [0.29, 0.717) is 22.1 Å². The van der Waals surface area contributed by atoms with Crippen LogP contribution in [-0.2, 0) is 0 Å². The molecule has 3 aromatic rings. The fraction of sp³-hybridized carbons (Fsp3) is 0. The zero-order chi connectivity index (χ0) is 14.8. The van der Waals surface area contributed by atoms with Gasteiger partial charge in [0.1, 0.15) is 5.58 Å². The van der Waals surface area contributed by atoms with Gasteiger partial charge in [-0.3, -0.25) is 5.21 Å². The molecule has 0 unspecified atom stereocenters. The Kier molecular flexibility index (Phi) is 5.88. The summed E-state index contributed by atoms with van der Waals surface area (Å²) in [7, 11) is 0. The standard InChI is InChI=1S/C15H11ClN3O2.Ac/c16-10-4-2-5-11(8-10)18-15(19-20)13-7-9-3-1-6-12(17)14(9)21-13;/h1-8,17,20H,(H,18,19);/q-1;. The molecule has 22 heavy (non-hydrogen) atoms. The summed E-state index contributed by atoms with van der Waals surface area (Å²) in [5.74, 6) is 0.486. The Morgan fingerprint density at radius 2 is 1.95 bits per heavy atom. The van der Waals surface area contributed by atoms with Crippen molar-refractivity contribution in [3.05, 3.63) is 65.0 Å². The minimum atomic E-state index is 0. The topological polar surface area (TPSA) is 81.6 Å². The van der Waals surface area contributed by atoms with Crippen molar-refractivity contribution in [1.29, 1.82) is 0 Å². The second kappa shape index (κ2) is 7.47. The molecular formula is C15H11AcClN3O2-. The van der Waals surface area contributed by atoms with E-state index in [1.54, 1.807) is 42.5 Å². The summed E-state index contributed by atoms with van der Waals surface area (Å²) < 4.78 is 5.58. The zero-order valence-corrected chi connectivity index (χ0v) is 16.9. The average molecular weight is 528 g/mol. The van der Waals surface area contributed by atoms with E-state index in [4.69, 9.17) is 21.8 Å². The van der Waals surface area contributed by atoms with Crippen LogP contribution in [0.15, 0.2) is 57.9 Å². The van der Waals surface area contributed by atoms with Crippen LogP contribution in [0.25, 0.3) is 16.7 Å². The van der Waals surface area contributed by atoms with Gasteiger partial charge in [-0.25, -0.2) is 10.5 Å². The summed E-state index contributed by atoms with van der Waals surface area (Å²) in [6.45, 7) is 0. The monoisotopic (exact) mass is 527 g/mol. The van der Waals surface area contributed by atoms with Crippen molar-refractivity contribution in [1.82, 2.24) is 5.48 Å². The largest absolute Gasteiger partial charge is 0.696 e. The van der Waals surface area contributed by atoms with Crippen molar-refractivity contribution < 1.29 is 53.7 Å². The molecule has 109 valence electrons. The molecule has 1 heterocycles. The minimum Gasteiger partial charge on any atom is -0.696 e. The maximum absolute atomic E-state index is 9.28. The van der Waals surface area contributed by atoms with E-state index in [9.17, 15) is 5.21 Å². The first-order chi connectivity index (χ1) is 10.2. The van der Waals surface area contributed by atoms with Gasteiger partial charge in [0.05, 0.1) is 5.69 Å². The van der Waals surface area contributed by atoms with Gasteiger partial charge in [0.2, 0.25) is 0 Å². The van der Waals surface area contributed by atoms with Gasteiger partial charge in [-0.1, -0.05) is 41.6 Å². The quantitative estimate of drug-likeness (QED) is 0.285. The zero-order valence-electron chi connectivity index (χ0n) is 11.4. The third kappa shape index (κ3) is 3.64. The van der Waals surface area contributed by atoms with Crippen molar-refractivity contribution in [3.8, 4) is 0 Å². The van der Waals surface area contributed by atoms with Crippen LogP contribution in [0.5, 0.6) is 0 Å². The molecule has 0 fully saturated rings. The molecule has 0 atom stereocenters. The fourth-order valence-corrected chi connectivity index (χ4v) is 2.17. The molecule has 5 nitrogen and oxygen atoms in total. The SMILES string of the molecule is [Ac].[NH-]c1cccc2cc(C(=Nc3cccc(Cl)c3)NO)oc12. The Morgan fingerprint density at radius 3 is 2.64 bits per heavy atom. The smallest absolute Gasteiger partial charge is 0.193 e. The number of furan rings is 1. The number of amidine groups is 1. The number of para-hydroxylation sites is 1. The van der Waals surface area contributed by atoms with Crippen LogP contribution in [0.2, 0.25) is 5.02 Å². The van der Waals surface area contributed by atoms with Crippen molar-refractivity contribution in [2.45, 2.75) is 0 Å².